The van der Waals surface area contributed by atoms with Crippen molar-refractivity contribution >= 4 is 0 Å². The van der Waals surface area contributed by atoms with E-state index in [2.05, 4.69) is 17.3 Å². The Morgan fingerprint density at radius 1 is 1.32 bits per heavy atom. The van der Waals surface area contributed by atoms with Crippen LogP contribution >= 0.6 is 0 Å². The molecule has 0 bridgehead atoms. The number of benzene rings is 1. The van der Waals surface area contributed by atoms with Crippen LogP contribution in [0.1, 0.15) is 24.6 Å². The molecule has 1 aromatic heterocycles. The Morgan fingerprint density at radius 3 is 2.79 bits per heavy atom. The molecule has 1 N–H and O–H groups in total. The average Bonchev–Trinajstić information content (AvgIpc) is 2.74. The van der Waals surface area contributed by atoms with Gasteiger partial charge in [-0.15, -0.1) is 0 Å². The minimum atomic E-state index is -0.211. The zero-order valence-electron chi connectivity index (χ0n) is 11.7. The van der Waals surface area contributed by atoms with E-state index in [0.29, 0.717) is 6.54 Å². The van der Waals surface area contributed by atoms with E-state index in [0.717, 1.165) is 35.3 Å². The Kier molecular flexibility index (Phi) is 4.32. The smallest absolute Gasteiger partial charge is 0.123 e. The summed E-state index contributed by atoms with van der Waals surface area (Å²) in [5.74, 6) is -0.211. The number of halogens is 1. The van der Waals surface area contributed by atoms with E-state index in [1.54, 1.807) is 6.07 Å². The van der Waals surface area contributed by atoms with Gasteiger partial charge in [0.05, 0.1) is 6.20 Å². The van der Waals surface area contributed by atoms with Gasteiger partial charge in [0, 0.05) is 24.3 Å². The van der Waals surface area contributed by atoms with Gasteiger partial charge in [-0.3, -0.25) is 4.68 Å². The summed E-state index contributed by atoms with van der Waals surface area (Å²) in [6.45, 7) is 5.76. The van der Waals surface area contributed by atoms with E-state index in [1.165, 1.54) is 6.07 Å². The number of aryl methyl sites for hydroxylation is 1. The fourth-order valence-corrected chi connectivity index (χ4v) is 2.29. The van der Waals surface area contributed by atoms with Crippen LogP contribution in [-0.2, 0) is 13.1 Å². The van der Waals surface area contributed by atoms with Crippen molar-refractivity contribution in [2.24, 2.45) is 0 Å². The lowest BCUT2D eigenvalue weighted by molar-refractivity contribution is 0.587. The fourth-order valence-electron chi connectivity index (χ4n) is 2.29. The Hall–Kier alpha value is -1.68. The molecule has 1 aromatic carbocycles. The molecule has 3 nitrogen and oxygen atoms in total. The third-order valence-electron chi connectivity index (χ3n) is 3.27. The van der Waals surface area contributed by atoms with Gasteiger partial charge in [0.1, 0.15) is 5.82 Å². The van der Waals surface area contributed by atoms with Gasteiger partial charge >= 0.3 is 0 Å². The number of hydrogen-bond acceptors (Lipinski definition) is 2. The molecule has 102 valence electrons. The number of rotatable bonds is 5. The van der Waals surface area contributed by atoms with Crippen molar-refractivity contribution in [3.8, 4) is 11.1 Å². The normalized spacial score (nSPS) is 10.9. The molecule has 0 atom stereocenters. The van der Waals surface area contributed by atoms with Gasteiger partial charge in [-0.05, 0) is 43.7 Å². The van der Waals surface area contributed by atoms with Crippen LogP contribution in [0.25, 0.3) is 11.1 Å². The van der Waals surface area contributed by atoms with Crippen molar-refractivity contribution < 1.29 is 4.39 Å². The number of nitrogens with one attached hydrogen (secondary N) is 1. The lowest BCUT2D eigenvalue weighted by Crippen LogP contribution is -2.07. The standard InChI is InChI=1S/C15H20FN3/c1-4-7-19-11(2)15(10-18-19)14-8-13(16)6-5-12(14)9-17-3/h5-6,8,10,17H,4,7,9H2,1-3H3. The van der Waals surface area contributed by atoms with Gasteiger partial charge in [0.2, 0.25) is 0 Å². The minimum absolute atomic E-state index is 0.211. The van der Waals surface area contributed by atoms with Crippen LogP contribution in [0.4, 0.5) is 4.39 Å². The summed E-state index contributed by atoms with van der Waals surface area (Å²) in [6.07, 6.45) is 2.87. The van der Waals surface area contributed by atoms with Crippen LogP contribution in [0.2, 0.25) is 0 Å². The monoisotopic (exact) mass is 261 g/mol. The Balaban J connectivity index is 2.48. The Morgan fingerprint density at radius 2 is 2.11 bits per heavy atom. The first-order chi connectivity index (χ1) is 9.17. The summed E-state index contributed by atoms with van der Waals surface area (Å²) in [5, 5.41) is 7.50. The first-order valence-corrected chi connectivity index (χ1v) is 6.63. The zero-order valence-corrected chi connectivity index (χ0v) is 11.7. The molecular formula is C15H20FN3. The lowest BCUT2D eigenvalue weighted by atomic mass is 10.00. The summed E-state index contributed by atoms with van der Waals surface area (Å²) in [6, 6.07) is 4.92. The van der Waals surface area contributed by atoms with Crippen molar-refractivity contribution in [1.82, 2.24) is 15.1 Å². The highest BCUT2D eigenvalue weighted by atomic mass is 19.1. The van der Waals surface area contributed by atoms with E-state index < -0.39 is 0 Å². The van der Waals surface area contributed by atoms with E-state index in [9.17, 15) is 4.39 Å². The summed E-state index contributed by atoms with van der Waals surface area (Å²) >= 11 is 0. The van der Waals surface area contributed by atoms with Crippen molar-refractivity contribution in [3.63, 3.8) is 0 Å². The SMILES string of the molecule is CCCn1ncc(-c2cc(F)ccc2CNC)c1C. The highest BCUT2D eigenvalue weighted by Gasteiger charge is 2.12. The Bertz CT molecular complexity index is 561. The van der Waals surface area contributed by atoms with E-state index in [4.69, 9.17) is 0 Å². The number of aromatic nitrogens is 2. The molecule has 19 heavy (non-hydrogen) atoms. The number of hydrogen-bond donors (Lipinski definition) is 1. The molecule has 1 heterocycles. The van der Waals surface area contributed by atoms with Crippen LogP contribution in [0.5, 0.6) is 0 Å². The van der Waals surface area contributed by atoms with E-state index in [-0.39, 0.29) is 5.82 Å². The highest BCUT2D eigenvalue weighted by Crippen LogP contribution is 2.27. The molecule has 0 radical (unpaired) electrons. The van der Waals surface area contributed by atoms with Crippen LogP contribution in [0, 0.1) is 12.7 Å². The molecule has 0 saturated heterocycles. The fraction of sp³-hybridized carbons (Fsp3) is 0.400. The van der Waals surface area contributed by atoms with Crippen molar-refractivity contribution in [2.75, 3.05) is 7.05 Å². The second kappa shape index (κ2) is 5.97. The molecule has 0 aliphatic carbocycles. The molecule has 0 aliphatic rings. The average molecular weight is 261 g/mol. The third-order valence-corrected chi connectivity index (χ3v) is 3.27. The van der Waals surface area contributed by atoms with Crippen LogP contribution < -0.4 is 5.32 Å². The first kappa shape index (κ1) is 13.7. The molecule has 0 amide bonds. The van der Waals surface area contributed by atoms with Crippen molar-refractivity contribution in [3.05, 3.63) is 41.5 Å². The molecule has 2 rings (SSSR count). The largest absolute Gasteiger partial charge is 0.316 e. The summed E-state index contributed by atoms with van der Waals surface area (Å²) in [7, 11) is 1.89. The van der Waals surface area contributed by atoms with Crippen LogP contribution in [-0.4, -0.2) is 16.8 Å². The maximum atomic E-state index is 13.5. The third kappa shape index (κ3) is 2.84. The quantitative estimate of drug-likeness (QED) is 0.896. The maximum Gasteiger partial charge on any atom is 0.123 e. The number of nitrogens with zero attached hydrogens (tertiary/aromatic N) is 2. The van der Waals surface area contributed by atoms with Gasteiger partial charge in [0.15, 0.2) is 0 Å². The lowest BCUT2D eigenvalue weighted by Gasteiger charge is -2.10. The molecular weight excluding hydrogens is 241 g/mol. The summed E-state index contributed by atoms with van der Waals surface area (Å²) in [4.78, 5) is 0. The van der Waals surface area contributed by atoms with Crippen LogP contribution in [0.15, 0.2) is 24.4 Å². The summed E-state index contributed by atoms with van der Waals surface area (Å²) < 4.78 is 15.5. The van der Waals surface area contributed by atoms with Crippen LogP contribution in [0.3, 0.4) is 0 Å². The second-order valence-electron chi connectivity index (χ2n) is 4.70. The molecule has 0 fully saturated rings. The first-order valence-electron chi connectivity index (χ1n) is 6.63. The minimum Gasteiger partial charge on any atom is -0.316 e. The van der Waals surface area contributed by atoms with Gasteiger partial charge in [-0.1, -0.05) is 13.0 Å². The molecule has 0 saturated carbocycles. The molecule has 0 unspecified atom stereocenters. The Labute approximate surface area is 113 Å². The molecule has 2 aromatic rings. The van der Waals surface area contributed by atoms with Gasteiger partial charge in [0.25, 0.3) is 0 Å². The summed E-state index contributed by atoms with van der Waals surface area (Å²) in [5.41, 5.74) is 4.11. The topological polar surface area (TPSA) is 29.9 Å². The predicted octanol–water partition coefficient (Wildman–Crippen LogP) is 3.13. The van der Waals surface area contributed by atoms with Gasteiger partial charge in [-0.25, -0.2) is 4.39 Å². The zero-order chi connectivity index (χ0) is 13.8. The van der Waals surface area contributed by atoms with Crippen molar-refractivity contribution in [2.45, 2.75) is 33.4 Å². The molecule has 0 spiro atoms. The van der Waals surface area contributed by atoms with Crippen molar-refractivity contribution in [1.29, 1.82) is 0 Å². The van der Waals surface area contributed by atoms with Gasteiger partial charge in [-0.2, -0.15) is 5.10 Å². The second-order valence-corrected chi connectivity index (χ2v) is 4.70. The predicted molar refractivity (Wildman–Crippen MR) is 75.4 cm³/mol. The molecule has 4 heteroatoms. The maximum absolute atomic E-state index is 13.5. The van der Waals surface area contributed by atoms with Gasteiger partial charge < -0.3 is 5.32 Å². The molecule has 0 aliphatic heterocycles. The van der Waals surface area contributed by atoms with E-state index >= 15 is 0 Å². The highest BCUT2D eigenvalue weighted by molar-refractivity contribution is 5.69. The van der Waals surface area contributed by atoms with E-state index in [1.807, 2.05) is 30.9 Å².